The van der Waals surface area contributed by atoms with Crippen LogP contribution in [0.5, 0.6) is 0 Å². The average Bonchev–Trinajstić information content (AvgIpc) is 1.98. The van der Waals surface area contributed by atoms with E-state index in [1.165, 1.54) is 6.42 Å². The van der Waals surface area contributed by atoms with Crippen molar-refractivity contribution in [2.24, 2.45) is 0 Å². The average molecular weight is 139 g/mol. The maximum absolute atomic E-state index is 5.10. The van der Waals surface area contributed by atoms with Crippen LogP contribution in [0.25, 0.3) is 0 Å². The van der Waals surface area contributed by atoms with E-state index in [1.807, 2.05) is 0 Å². The number of nitrogens with one attached hydrogen (secondary N) is 1. The lowest BCUT2D eigenvalue weighted by molar-refractivity contribution is 0.527. The molecule has 0 heterocycles. The molecule has 0 radical (unpaired) electrons. The second kappa shape index (κ2) is 6.64. The first-order valence-corrected chi connectivity index (χ1v) is 3.98. The Morgan fingerprint density at radius 1 is 1.60 bits per heavy atom. The Morgan fingerprint density at radius 2 is 2.30 bits per heavy atom. The Morgan fingerprint density at radius 3 is 2.80 bits per heavy atom. The second-order valence-electron chi connectivity index (χ2n) is 2.57. The zero-order chi connectivity index (χ0) is 7.82. The Labute approximate surface area is 64.2 Å². The predicted octanol–water partition coefficient (Wildman–Crippen LogP) is 1.79. The van der Waals surface area contributed by atoms with Gasteiger partial charge in [-0.3, -0.25) is 0 Å². The van der Waals surface area contributed by atoms with Crippen LogP contribution < -0.4 is 5.32 Å². The molecule has 0 spiro atoms. The van der Waals surface area contributed by atoms with Gasteiger partial charge in [-0.2, -0.15) is 0 Å². The first kappa shape index (κ1) is 9.52. The molecule has 0 saturated heterocycles. The van der Waals surface area contributed by atoms with Crippen molar-refractivity contribution in [3.05, 3.63) is 0 Å². The largest absolute Gasteiger partial charge is 0.314 e. The fraction of sp³-hybridized carbons (Fsp3) is 0.778. The van der Waals surface area contributed by atoms with E-state index in [0.717, 1.165) is 19.4 Å². The van der Waals surface area contributed by atoms with Gasteiger partial charge in [0.05, 0.1) is 0 Å². The first-order chi connectivity index (χ1) is 4.81. The molecule has 1 heteroatoms. The molecule has 0 aliphatic rings. The van der Waals surface area contributed by atoms with Crippen LogP contribution in [0, 0.1) is 12.3 Å². The third-order valence-corrected chi connectivity index (χ3v) is 1.60. The highest BCUT2D eigenvalue weighted by molar-refractivity contribution is 4.83. The minimum absolute atomic E-state index is 0.637. The summed E-state index contributed by atoms with van der Waals surface area (Å²) < 4.78 is 0. The van der Waals surface area contributed by atoms with E-state index in [9.17, 15) is 0 Å². The third kappa shape index (κ3) is 5.65. The Bertz CT molecular complexity index is 102. The van der Waals surface area contributed by atoms with Gasteiger partial charge in [0.25, 0.3) is 0 Å². The van der Waals surface area contributed by atoms with Crippen molar-refractivity contribution in [3.63, 3.8) is 0 Å². The van der Waals surface area contributed by atoms with Crippen molar-refractivity contribution in [2.45, 2.75) is 39.2 Å². The summed E-state index contributed by atoms with van der Waals surface area (Å²) in [6.07, 6.45) is 8.28. The quantitative estimate of drug-likeness (QED) is 0.452. The summed E-state index contributed by atoms with van der Waals surface area (Å²) in [6.45, 7) is 5.42. The summed E-state index contributed by atoms with van der Waals surface area (Å²) >= 11 is 0. The van der Waals surface area contributed by atoms with E-state index < -0.39 is 0 Å². The van der Waals surface area contributed by atoms with E-state index in [1.54, 1.807) is 0 Å². The van der Waals surface area contributed by atoms with Gasteiger partial charge < -0.3 is 5.32 Å². The molecule has 1 N–H and O–H groups in total. The van der Waals surface area contributed by atoms with Gasteiger partial charge in [0.2, 0.25) is 0 Å². The van der Waals surface area contributed by atoms with Crippen LogP contribution >= 0.6 is 0 Å². The molecule has 0 amide bonds. The van der Waals surface area contributed by atoms with E-state index in [0.29, 0.717) is 6.04 Å². The molecule has 0 aromatic carbocycles. The van der Waals surface area contributed by atoms with Gasteiger partial charge in [0.1, 0.15) is 0 Å². The van der Waals surface area contributed by atoms with Gasteiger partial charge >= 0.3 is 0 Å². The maximum atomic E-state index is 5.10. The van der Waals surface area contributed by atoms with Gasteiger partial charge in [0, 0.05) is 12.5 Å². The van der Waals surface area contributed by atoms with Crippen molar-refractivity contribution in [1.82, 2.24) is 5.32 Å². The van der Waals surface area contributed by atoms with Gasteiger partial charge in [-0.15, -0.1) is 12.3 Å². The standard InChI is InChI=1S/C9H17N/c1-4-6-7-8-10-9(3)5-2/h1,9-10H,5-8H2,2-3H3. The van der Waals surface area contributed by atoms with E-state index in [2.05, 4.69) is 25.1 Å². The molecule has 0 aliphatic heterocycles. The Balaban J connectivity index is 2.98. The van der Waals surface area contributed by atoms with Gasteiger partial charge in [-0.1, -0.05) is 6.92 Å². The molecular formula is C9H17N. The maximum Gasteiger partial charge on any atom is 0.00981 e. The van der Waals surface area contributed by atoms with Crippen molar-refractivity contribution in [2.75, 3.05) is 6.54 Å². The monoisotopic (exact) mass is 139 g/mol. The lowest BCUT2D eigenvalue weighted by Gasteiger charge is -2.09. The molecule has 1 atom stereocenters. The summed E-state index contributed by atoms with van der Waals surface area (Å²) in [4.78, 5) is 0. The van der Waals surface area contributed by atoms with Crippen LogP contribution in [0.2, 0.25) is 0 Å². The minimum atomic E-state index is 0.637. The van der Waals surface area contributed by atoms with Crippen LogP contribution in [-0.2, 0) is 0 Å². The highest BCUT2D eigenvalue weighted by atomic mass is 14.9. The van der Waals surface area contributed by atoms with E-state index >= 15 is 0 Å². The predicted molar refractivity (Wildman–Crippen MR) is 45.8 cm³/mol. The fourth-order valence-electron chi connectivity index (χ4n) is 0.683. The normalized spacial score (nSPS) is 12.5. The summed E-state index contributed by atoms with van der Waals surface area (Å²) in [5.74, 6) is 2.62. The molecule has 0 aromatic heterocycles. The summed E-state index contributed by atoms with van der Waals surface area (Å²) in [5, 5.41) is 3.37. The Kier molecular flexibility index (Phi) is 6.32. The number of unbranched alkanes of at least 4 members (excludes halogenated alkanes) is 1. The molecule has 0 fully saturated rings. The van der Waals surface area contributed by atoms with Crippen LogP contribution in [0.1, 0.15) is 33.1 Å². The second-order valence-corrected chi connectivity index (χ2v) is 2.57. The van der Waals surface area contributed by atoms with Crippen LogP contribution in [0.4, 0.5) is 0 Å². The zero-order valence-corrected chi connectivity index (χ0v) is 6.98. The molecule has 0 aliphatic carbocycles. The van der Waals surface area contributed by atoms with Crippen molar-refractivity contribution >= 4 is 0 Å². The molecule has 10 heavy (non-hydrogen) atoms. The van der Waals surface area contributed by atoms with Crippen LogP contribution in [0.3, 0.4) is 0 Å². The van der Waals surface area contributed by atoms with Crippen molar-refractivity contribution in [1.29, 1.82) is 0 Å². The number of hydrogen-bond donors (Lipinski definition) is 1. The SMILES string of the molecule is C#CCCCNC(C)CC. The van der Waals surface area contributed by atoms with Gasteiger partial charge in [-0.05, 0) is 26.3 Å². The van der Waals surface area contributed by atoms with Gasteiger partial charge in [0.15, 0.2) is 0 Å². The lowest BCUT2D eigenvalue weighted by atomic mass is 10.2. The highest BCUT2D eigenvalue weighted by Gasteiger charge is 1.93. The molecule has 0 rings (SSSR count). The lowest BCUT2D eigenvalue weighted by Crippen LogP contribution is -2.25. The van der Waals surface area contributed by atoms with Crippen LogP contribution in [0.15, 0.2) is 0 Å². The smallest absolute Gasteiger partial charge is 0.00981 e. The molecule has 0 bridgehead atoms. The van der Waals surface area contributed by atoms with Crippen molar-refractivity contribution in [3.8, 4) is 12.3 Å². The summed E-state index contributed by atoms with van der Waals surface area (Å²) in [7, 11) is 0. The van der Waals surface area contributed by atoms with E-state index in [-0.39, 0.29) is 0 Å². The van der Waals surface area contributed by atoms with Crippen LogP contribution in [-0.4, -0.2) is 12.6 Å². The molecule has 0 aromatic rings. The first-order valence-electron chi connectivity index (χ1n) is 3.98. The summed E-state index contributed by atoms with van der Waals surface area (Å²) in [6, 6.07) is 0.637. The Hall–Kier alpha value is -0.480. The molecule has 58 valence electrons. The molecule has 1 nitrogen and oxygen atoms in total. The number of rotatable bonds is 5. The zero-order valence-electron chi connectivity index (χ0n) is 6.98. The fourth-order valence-corrected chi connectivity index (χ4v) is 0.683. The molecular weight excluding hydrogens is 122 g/mol. The third-order valence-electron chi connectivity index (χ3n) is 1.60. The highest BCUT2D eigenvalue weighted by Crippen LogP contribution is 1.89. The van der Waals surface area contributed by atoms with E-state index in [4.69, 9.17) is 6.42 Å². The number of terminal acetylenes is 1. The van der Waals surface area contributed by atoms with Crippen molar-refractivity contribution < 1.29 is 0 Å². The molecule has 1 unspecified atom stereocenters. The van der Waals surface area contributed by atoms with Gasteiger partial charge in [-0.25, -0.2) is 0 Å². The topological polar surface area (TPSA) is 12.0 Å². The minimum Gasteiger partial charge on any atom is -0.314 e. The number of hydrogen-bond acceptors (Lipinski definition) is 1. The molecule has 0 saturated carbocycles. The summed E-state index contributed by atoms with van der Waals surface area (Å²) in [5.41, 5.74) is 0.